The van der Waals surface area contributed by atoms with Crippen LogP contribution in [-0.4, -0.2) is 25.7 Å². The van der Waals surface area contributed by atoms with Gasteiger partial charge in [0.2, 0.25) is 0 Å². The van der Waals surface area contributed by atoms with Crippen molar-refractivity contribution < 1.29 is 19.1 Å². The molecule has 1 fully saturated rings. The Kier molecular flexibility index (Phi) is 1.89. The molecule has 0 aliphatic carbocycles. The summed E-state index contributed by atoms with van der Waals surface area (Å²) in [6.45, 7) is 0.172. The first-order valence-corrected chi connectivity index (χ1v) is 2.97. The van der Waals surface area contributed by atoms with E-state index in [2.05, 4.69) is 9.47 Å². The Labute approximate surface area is 58.1 Å². The lowest BCUT2D eigenvalue weighted by molar-refractivity contribution is -0.145. The number of ether oxygens (including phenoxy) is 2. The van der Waals surface area contributed by atoms with E-state index >= 15 is 0 Å². The highest BCUT2D eigenvalue weighted by Gasteiger charge is 2.30. The van der Waals surface area contributed by atoms with Crippen LogP contribution in [0.5, 0.6) is 0 Å². The van der Waals surface area contributed by atoms with Crippen molar-refractivity contribution in [2.75, 3.05) is 13.7 Å². The van der Waals surface area contributed by atoms with Gasteiger partial charge in [-0.2, -0.15) is 0 Å². The Hall–Kier alpha value is -1.06. The van der Waals surface area contributed by atoms with Gasteiger partial charge in [0.25, 0.3) is 0 Å². The Morgan fingerprint density at radius 1 is 1.80 bits per heavy atom. The predicted molar refractivity (Wildman–Crippen MR) is 31.1 cm³/mol. The van der Waals surface area contributed by atoms with Crippen LogP contribution in [-0.2, 0) is 19.1 Å². The first-order chi connectivity index (χ1) is 4.74. The van der Waals surface area contributed by atoms with Crippen molar-refractivity contribution in [1.29, 1.82) is 0 Å². The second-order valence-corrected chi connectivity index (χ2v) is 2.11. The van der Waals surface area contributed by atoms with Gasteiger partial charge in [-0.15, -0.1) is 0 Å². The fraction of sp³-hybridized carbons (Fsp3) is 0.667. The van der Waals surface area contributed by atoms with Gasteiger partial charge < -0.3 is 9.47 Å². The second kappa shape index (κ2) is 2.68. The topological polar surface area (TPSA) is 52.6 Å². The van der Waals surface area contributed by atoms with E-state index in [9.17, 15) is 9.59 Å². The molecular weight excluding hydrogens is 136 g/mol. The zero-order valence-corrected chi connectivity index (χ0v) is 5.62. The molecule has 4 heteroatoms. The van der Waals surface area contributed by atoms with E-state index in [1.165, 1.54) is 7.11 Å². The highest BCUT2D eigenvalue weighted by atomic mass is 16.6. The molecule has 0 unspecified atom stereocenters. The summed E-state index contributed by atoms with van der Waals surface area (Å²) in [6.07, 6.45) is 0.159. The lowest BCUT2D eigenvalue weighted by Gasteiger charge is -2.00. The third-order valence-corrected chi connectivity index (χ3v) is 1.39. The summed E-state index contributed by atoms with van der Waals surface area (Å²) in [5.41, 5.74) is 0. The van der Waals surface area contributed by atoms with Gasteiger partial charge in [-0.25, -0.2) is 0 Å². The summed E-state index contributed by atoms with van der Waals surface area (Å²) in [7, 11) is 1.30. The van der Waals surface area contributed by atoms with Crippen LogP contribution in [0, 0.1) is 5.92 Å². The molecule has 1 rings (SSSR count). The summed E-state index contributed by atoms with van der Waals surface area (Å²) >= 11 is 0. The molecule has 0 saturated carbocycles. The predicted octanol–water partition coefficient (Wildman–Crippen LogP) is -0.278. The highest BCUT2D eigenvalue weighted by molar-refractivity contribution is 5.82. The maximum absolute atomic E-state index is 10.7. The van der Waals surface area contributed by atoms with Crippen LogP contribution in [0.4, 0.5) is 0 Å². The van der Waals surface area contributed by atoms with Crippen LogP contribution in [0.1, 0.15) is 6.42 Å². The summed E-state index contributed by atoms with van der Waals surface area (Å²) in [5.74, 6) is -1.07. The average Bonchev–Trinajstić information content (AvgIpc) is 2.34. The van der Waals surface area contributed by atoms with E-state index < -0.39 is 0 Å². The van der Waals surface area contributed by atoms with Crippen molar-refractivity contribution in [2.24, 2.45) is 5.92 Å². The first-order valence-electron chi connectivity index (χ1n) is 2.97. The molecule has 0 aromatic carbocycles. The summed E-state index contributed by atoms with van der Waals surface area (Å²) < 4.78 is 8.96. The Balaban J connectivity index is 2.44. The van der Waals surface area contributed by atoms with E-state index in [-0.39, 0.29) is 30.9 Å². The minimum Gasteiger partial charge on any atom is -0.469 e. The lowest BCUT2D eigenvalue weighted by Crippen LogP contribution is -2.15. The smallest absolute Gasteiger partial charge is 0.312 e. The number of rotatable bonds is 1. The maximum atomic E-state index is 10.7. The molecule has 10 heavy (non-hydrogen) atoms. The number of hydrogen-bond donors (Lipinski definition) is 0. The van der Waals surface area contributed by atoms with Crippen LogP contribution in [0.3, 0.4) is 0 Å². The number of methoxy groups -OCH3 is 1. The highest BCUT2D eigenvalue weighted by Crippen LogP contribution is 2.14. The molecule has 56 valence electrons. The van der Waals surface area contributed by atoms with E-state index in [0.29, 0.717) is 0 Å². The van der Waals surface area contributed by atoms with Crippen molar-refractivity contribution in [3.8, 4) is 0 Å². The maximum Gasteiger partial charge on any atom is 0.312 e. The number of hydrogen-bond acceptors (Lipinski definition) is 4. The van der Waals surface area contributed by atoms with Crippen molar-refractivity contribution in [2.45, 2.75) is 6.42 Å². The minimum absolute atomic E-state index is 0.159. The normalized spacial score (nSPS) is 24.1. The Morgan fingerprint density at radius 2 is 2.50 bits per heavy atom. The minimum atomic E-state index is -0.377. The van der Waals surface area contributed by atoms with E-state index in [4.69, 9.17) is 0 Å². The molecule has 1 heterocycles. The van der Waals surface area contributed by atoms with E-state index in [0.717, 1.165) is 0 Å². The van der Waals surface area contributed by atoms with E-state index in [1.54, 1.807) is 0 Å². The van der Waals surface area contributed by atoms with Gasteiger partial charge in [0, 0.05) is 0 Å². The van der Waals surface area contributed by atoms with Crippen molar-refractivity contribution in [3.63, 3.8) is 0 Å². The largest absolute Gasteiger partial charge is 0.469 e. The van der Waals surface area contributed by atoms with Gasteiger partial charge in [0.1, 0.15) is 12.5 Å². The summed E-state index contributed by atoms with van der Waals surface area (Å²) in [5, 5.41) is 0. The van der Waals surface area contributed by atoms with Gasteiger partial charge in [-0.1, -0.05) is 0 Å². The molecule has 4 nitrogen and oxygen atoms in total. The molecule has 0 N–H and O–H groups in total. The summed E-state index contributed by atoms with van der Waals surface area (Å²) in [6, 6.07) is 0. The third kappa shape index (κ3) is 1.26. The molecule has 0 aromatic heterocycles. The van der Waals surface area contributed by atoms with Crippen LogP contribution in [0.15, 0.2) is 0 Å². The van der Waals surface area contributed by atoms with Crippen LogP contribution < -0.4 is 0 Å². The van der Waals surface area contributed by atoms with E-state index in [1.807, 2.05) is 0 Å². The molecule has 0 bridgehead atoms. The third-order valence-electron chi connectivity index (χ3n) is 1.39. The fourth-order valence-corrected chi connectivity index (χ4v) is 0.831. The molecule has 0 aromatic rings. The standard InChI is InChI=1S/C6H8O4/c1-9-6(8)4-2-5(7)10-3-4/h4H,2-3H2,1H3/t4-/m1/s1. The summed E-state index contributed by atoms with van der Waals surface area (Å²) in [4.78, 5) is 21.1. The number of carbonyl (C=O) groups is 2. The van der Waals surface area contributed by atoms with Gasteiger partial charge in [0.15, 0.2) is 0 Å². The van der Waals surface area contributed by atoms with Gasteiger partial charge in [-0.3, -0.25) is 9.59 Å². The number of cyclic esters (lactones) is 1. The van der Waals surface area contributed by atoms with Gasteiger partial charge in [-0.05, 0) is 0 Å². The van der Waals surface area contributed by atoms with Crippen molar-refractivity contribution in [3.05, 3.63) is 0 Å². The molecule has 0 spiro atoms. The molecule has 1 aliphatic rings. The van der Waals surface area contributed by atoms with Gasteiger partial charge in [0.05, 0.1) is 13.5 Å². The van der Waals surface area contributed by atoms with Crippen molar-refractivity contribution >= 4 is 11.9 Å². The second-order valence-electron chi connectivity index (χ2n) is 2.11. The average molecular weight is 144 g/mol. The SMILES string of the molecule is COC(=O)[C@H]1COC(=O)C1. The zero-order valence-electron chi connectivity index (χ0n) is 5.62. The van der Waals surface area contributed by atoms with Crippen LogP contribution >= 0.6 is 0 Å². The molecule has 1 saturated heterocycles. The molecular formula is C6H8O4. The van der Waals surface area contributed by atoms with Gasteiger partial charge >= 0.3 is 11.9 Å². The Bertz CT molecular complexity index is 163. The molecule has 0 radical (unpaired) electrons. The molecule has 1 aliphatic heterocycles. The van der Waals surface area contributed by atoms with Crippen LogP contribution in [0.25, 0.3) is 0 Å². The Morgan fingerprint density at radius 3 is 2.90 bits per heavy atom. The number of carbonyl (C=O) groups excluding carboxylic acids is 2. The fourth-order valence-electron chi connectivity index (χ4n) is 0.831. The van der Waals surface area contributed by atoms with Crippen LogP contribution in [0.2, 0.25) is 0 Å². The zero-order chi connectivity index (χ0) is 7.56. The quantitative estimate of drug-likeness (QED) is 0.475. The monoisotopic (exact) mass is 144 g/mol. The lowest BCUT2D eigenvalue weighted by atomic mass is 10.1. The number of esters is 2. The first kappa shape index (κ1) is 7.05. The molecule has 1 atom stereocenters. The molecule has 0 amide bonds. The van der Waals surface area contributed by atoms with Crippen molar-refractivity contribution in [1.82, 2.24) is 0 Å².